The molecule has 1 aromatic carbocycles. The van der Waals surface area contributed by atoms with E-state index >= 15 is 0 Å². The van der Waals surface area contributed by atoms with Crippen molar-refractivity contribution in [2.45, 2.75) is 40.0 Å². The van der Waals surface area contributed by atoms with Gasteiger partial charge >= 0.3 is 0 Å². The lowest BCUT2D eigenvalue weighted by molar-refractivity contribution is -0.132. The van der Waals surface area contributed by atoms with Gasteiger partial charge in [0.05, 0.1) is 12.8 Å². The van der Waals surface area contributed by atoms with E-state index in [1.54, 1.807) is 12.0 Å². The van der Waals surface area contributed by atoms with E-state index < -0.39 is 0 Å². The summed E-state index contributed by atoms with van der Waals surface area (Å²) in [7, 11) is 1.59. The van der Waals surface area contributed by atoms with E-state index in [1.807, 2.05) is 30.0 Å². The van der Waals surface area contributed by atoms with Gasteiger partial charge in [0.15, 0.2) is 0 Å². The Morgan fingerprint density at radius 3 is 2.54 bits per heavy atom. The van der Waals surface area contributed by atoms with E-state index in [0.717, 1.165) is 37.2 Å². The summed E-state index contributed by atoms with van der Waals surface area (Å²) in [5, 5.41) is 0. The molecule has 0 bridgehead atoms. The molecule has 2 amide bonds. The van der Waals surface area contributed by atoms with Crippen LogP contribution in [-0.2, 0) is 9.59 Å². The van der Waals surface area contributed by atoms with Crippen molar-refractivity contribution >= 4 is 17.5 Å². The maximum atomic E-state index is 12.4. The van der Waals surface area contributed by atoms with Crippen LogP contribution in [0.4, 0.5) is 5.69 Å². The maximum Gasteiger partial charge on any atom is 0.224 e. The van der Waals surface area contributed by atoms with Crippen LogP contribution in [0.15, 0.2) is 18.2 Å². The molecule has 0 N–H and O–H groups in total. The van der Waals surface area contributed by atoms with Gasteiger partial charge in [-0.25, -0.2) is 0 Å². The van der Waals surface area contributed by atoms with Crippen LogP contribution in [0.25, 0.3) is 0 Å². The van der Waals surface area contributed by atoms with Crippen molar-refractivity contribution in [3.63, 3.8) is 0 Å². The molecule has 1 aliphatic rings. The standard InChI is InChI=1S/C19H28N2O3/c1-14-7-10-20(11-8-14)19(23)9-12-21(16(3)22)17-13-15(2)5-6-18(17)24-4/h5-6,13-14H,7-12H2,1-4H3. The number of piperidine rings is 1. The molecule has 132 valence electrons. The number of carbonyl (C=O) groups excluding carboxylic acids is 2. The largest absolute Gasteiger partial charge is 0.495 e. The van der Waals surface area contributed by atoms with Crippen LogP contribution < -0.4 is 9.64 Å². The summed E-state index contributed by atoms with van der Waals surface area (Å²) in [5.74, 6) is 1.38. The molecule has 1 saturated heterocycles. The van der Waals surface area contributed by atoms with Crippen LogP contribution in [0.3, 0.4) is 0 Å². The Labute approximate surface area is 144 Å². The van der Waals surface area contributed by atoms with E-state index in [4.69, 9.17) is 4.74 Å². The third-order valence-electron chi connectivity index (χ3n) is 4.69. The molecular weight excluding hydrogens is 304 g/mol. The Kier molecular flexibility index (Phi) is 6.23. The smallest absolute Gasteiger partial charge is 0.224 e. The van der Waals surface area contributed by atoms with E-state index in [9.17, 15) is 9.59 Å². The number of anilines is 1. The molecule has 1 aliphatic heterocycles. The highest BCUT2D eigenvalue weighted by Gasteiger charge is 2.22. The van der Waals surface area contributed by atoms with Gasteiger partial charge in [0.2, 0.25) is 11.8 Å². The monoisotopic (exact) mass is 332 g/mol. The van der Waals surface area contributed by atoms with Gasteiger partial charge in [0.1, 0.15) is 5.75 Å². The van der Waals surface area contributed by atoms with Crippen molar-refractivity contribution in [3.05, 3.63) is 23.8 Å². The average molecular weight is 332 g/mol. The zero-order valence-corrected chi connectivity index (χ0v) is 15.2. The second kappa shape index (κ2) is 8.18. The first kappa shape index (κ1) is 18.3. The number of hydrogen-bond donors (Lipinski definition) is 0. The van der Waals surface area contributed by atoms with Gasteiger partial charge in [-0.2, -0.15) is 0 Å². The molecule has 2 rings (SSSR count). The molecule has 1 fully saturated rings. The first-order valence-electron chi connectivity index (χ1n) is 8.63. The number of hydrogen-bond acceptors (Lipinski definition) is 3. The highest BCUT2D eigenvalue weighted by molar-refractivity contribution is 5.94. The van der Waals surface area contributed by atoms with Gasteiger partial charge in [-0.3, -0.25) is 9.59 Å². The zero-order chi connectivity index (χ0) is 17.7. The Balaban J connectivity index is 2.05. The summed E-state index contributed by atoms with van der Waals surface area (Å²) < 4.78 is 5.38. The zero-order valence-electron chi connectivity index (χ0n) is 15.2. The fourth-order valence-electron chi connectivity index (χ4n) is 3.08. The summed E-state index contributed by atoms with van der Waals surface area (Å²) in [6.07, 6.45) is 2.47. The third-order valence-corrected chi connectivity index (χ3v) is 4.69. The lowest BCUT2D eigenvalue weighted by Gasteiger charge is -2.31. The van der Waals surface area contributed by atoms with E-state index in [2.05, 4.69) is 6.92 Å². The predicted molar refractivity (Wildman–Crippen MR) is 95.4 cm³/mol. The number of ether oxygens (including phenoxy) is 1. The molecule has 0 saturated carbocycles. The molecule has 0 aliphatic carbocycles. The van der Waals surface area contributed by atoms with E-state index in [0.29, 0.717) is 24.6 Å². The quantitative estimate of drug-likeness (QED) is 0.833. The van der Waals surface area contributed by atoms with Crippen LogP contribution in [-0.4, -0.2) is 43.5 Å². The predicted octanol–water partition coefficient (Wildman–Crippen LogP) is 3.01. The number of nitrogens with zero attached hydrogens (tertiary/aromatic N) is 2. The number of methoxy groups -OCH3 is 1. The lowest BCUT2D eigenvalue weighted by Crippen LogP contribution is -2.40. The molecular formula is C19H28N2O3. The fourth-order valence-corrected chi connectivity index (χ4v) is 3.08. The van der Waals surface area contributed by atoms with Gasteiger partial charge < -0.3 is 14.5 Å². The molecule has 1 heterocycles. The SMILES string of the molecule is COc1ccc(C)cc1N(CCC(=O)N1CCC(C)CC1)C(C)=O. The maximum absolute atomic E-state index is 12.4. The van der Waals surface area contributed by atoms with E-state index in [-0.39, 0.29) is 11.8 Å². The van der Waals surface area contributed by atoms with Crippen molar-refractivity contribution in [2.75, 3.05) is 31.6 Å². The van der Waals surface area contributed by atoms with Crippen LogP contribution in [0.2, 0.25) is 0 Å². The first-order valence-corrected chi connectivity index (χ1v) is 8.63. The van der Waals surface area contributed by atoms with E-state index in [1.165, 1.54) is 6.92 Å². The Hall–Kier alpha value is -2.04. The van der Waals surface area contributed by atoms with Gasteiger partial charge in [-0.05, 0) is 43.4 Å². The van der Waals surface area contributed by atoms with Crippen molar-refractivity contribution in [1.29, 1.82) is 0 Å². The molecule has 0 aromatic heterocycles. The van der Waals surface area contributed by atoms with Crippen LogP contribution in [0, 0.1) is 12.8 Å². The minimum atomic E-state index is -0.0843. The molecule has 0 atom stereocenters. The van der Waals surface area contributed by atoms with Gasteiger partial charge in [-0.1, -0.05) is 13.0 Å². The molecule has 0 spiro atoms. The van der Waals surface area contributed by atoms with Crippen molar-refractivity contribution in [1.82, 2.24) is 4.90 Å². The molecule has 1 aromatic rings. The van der Waals surface area contributed by atoms with Crippen molar-refractivity contribution in [3.8, 4) is 5.75 Å². The van der Waals surface area contributed by atoms with Crippen molar-refractivity contribution < 1.29 is 14.3 Å². The summed E-state index contributed by atoms with van der Waals surface area (Å²) in [6.45, 7) is 7.75. The van der Waals surface area contributed by atoms with Gasteiger partial charge in [0, 0.05) is 33.0 Å². The normalized spacial score (nSPS) is 15.2. The summed E-state index contributed by atoms with van der Waals surface area (Å²) in [6, 6.07) is 5.72. The number of aryl methyl sites for hydroxylation is 1. The highest BCUT2D eigenvalue weighted by Crippen LogP contribution is 2.29. The number of benzene rings is 1. The number of amides is 2. The molecule has 24 heavy (non-hydrogen) atoms. The molecule has 5 nitrogen and oxygen atoms in total. The van der Waals surface area contributed by atoms with Crippen LogP contribution in [0.5, 0.6) is 5.75 Å². The topological polar surface area (TPSA) is 49.9 Å². The minimum Gasteiger partial charge on any atom is -0.495 e. The van der Waals surface area contributed by atoms with Crippen molar-refractivity contribution in [2.24, 2.45) is 5.92 Å². The van der Waals surface area contributed by atoms with Crippen LogP contribution >= 0.6 is 0 Å². The van der Waals surface area contributed by atoms with Gasteiger partial charge in [-0.15, -0.1) is 0 Å². The molecule has 0 radical (unpaired) electrons. The first-order chi connectivity index (χ1) is 11.4. The Morgan fingerprint density at radius 1 is 1.29 bits per heavy atom. The third kappa shape index (κ3) is 4.49. The summed E-state index contributed by atoms with van der Waals surface area (Å²) in [4.78, 5) is 28.1. The Bertz CT molecular complexity index is 592. The summed E-state index contributed by atoms with van der Waals surface area (Å²) >= 11 is 0. The lowest BCUT2D eigenvalue weighted by atomic mass is 9.99. The second-order valence-corrected chi connectivity index (χ2v) is 6.66. The number of rotatable bonds is 5. The molecule has 5 heteroatoms. The Morgan fingerprint density at radius 2 is 1.96 bits per heavy atom. The number of carbonyl (C=O) groups is 2. The highest BCUT2D eigenvalue weighted by atomic mass is 16.5. The summed E-state index contributed by atoms with van der Waals surface area (Å²) in [5.41, 5.74) is 1.78. The van der Waals surface area contributed by atoms with Crippen LogP contribution in [0.1, 0.15) is 38.7 Å². The average Bonchev–Trinajstić information content (AvgIpc) is 2.55. The second-order valence-electron chi connectivity index (χ2n) is 6.66. The van der Waals surface area contributed by atoms with Gasteiger partial charge in [0.25, 0.3) is 0 Å². The molecule has 0 unspecified atom stereocenters. The fraction of sp³-hybridized carbons (Fsp3) is 0.579. The number of likely N-dealkylation sites (tertiary alicyclic amines) is 1. The minimum absolute atomic E-state index is 0.0843.